The number of methoxy groups -OCH3 is 1. The molecule has 0 aliphatic carbocycles. The van der Waals surface area contributed by atoms with Gasteiger partial charge in [0.2, 0.25) is 0 Å². The molecule has 2 heteroatoms. The van der Waals surface area contributed by atoms with Gasteiger partial charge in [0.15, 0.2) is 0 Å². The molecule has 1 rings (SSSR count). The standard InChI is InChI=1S/C12H16O2/c1-3-4-5-12(13)10-6-8-11(14-2)9-7-10/h3-4,6-9,12-13H,5H2,1-2H3/b4-3+. The highest BCUT2D eigenvalue weighted by molar-refractivity contribution is 5.28. The highest BCUT2D eigenvalue weighted by atomic mass is 16.5. The molecule has 0 heterocycles. The molecule has 1 N–H and O–H groups in total. The van der Waals surface area contributed by atoms with E-state index < -0.39 is 6.10 Å². The van der Waals surface area contributed by atoms with Crippen molar-refractivity contribution in [1.29, 1.82) is 0 Å². The second-order valence-corrected chi connectivity index (χ2v) is 3.09. The lowest BCUT2D eigenvalue weighted by molar-refractivity contribution is 0.181. The molecule has 0 spiro atoms. The van der Waals surface area contributed by atoms with E-state index in [2.05, 4.69) is 0 Å². The molecule has 0 aromatic heterocycles. The predicted octanol–water partition coefficient (Wildman–Crippen LogP) is 2.69. The molecule has 14 heavy (non-hydrogen) atoms. The Bertz CT molecular complexity index is 288. The molecule has 2 nitrogen and oxygen atoms in total. The zero-order valence-electron chi connectivity index (χ0n) is 8.60. The fourth-order valence-electron chi connectivity index (χ4n) is 1.23. The summed E-state index contributed by atoms with van der Waals surface area (Å²) in [6.07, 6.45) is 4.13. The van der Waals surface area contributed by atoms with Gasteiger partial charge in [0.1, 0.15) is 5.75 Å². The van der Waals surface area contributed by atoms with Gasteiger partial charge in [-0.25, -0.2) is 0 Å². The number of aliphatic hydroxyl groups is 1. The Labute approximate surface area is 84.8 Å². The number of ether oxygens (including phenoxy) is 1. The maximum absolute atomic E-state index is 9.72. The second kappa shape index (κ2) is 5.45. The summed E-state index contributed by atoms with van der Waals surface area (Å²) in [6, 6.07) is 7.47. The molecule has 1 atom stereocenters. The quantitative estimate of drug-likeness (QED) is 0.743. The number of benzene rings is 1. The largest absolute Gasteiger partial charge is 0.497 e. The minimum atomic E-state index is -0.419. The van der Waals surface area contributed by atoms with E-state index in [0.29, 0.717) is 6.42 Å². The highest BCUT2D eigenvalue weighted by Gasteiger charge is 2.04. The number of hydrogen-bond donors (Lipinski definition) is 1. The third kappa shape index (κ3) is 2.89. The Morgan fingerprint density at radius 3 is 2.50 bits per heavy atom. The van der Waals surface area contributed by atoms with Crippen LogP contribution in [-0.4, -0.2) is 12.2 Å². The van der Waals surface area contributed by atoms with E-state index >= 15 is 0 Å². The summed E-state index contributed by atoms with van der Waals surface area (Å²) >= 11 is 0. The Morgan fingerprint density at radius 1 is 1.36 bits per heavy atom. The summed E-state index contributed by atoms with van der Waals surface area (Å²) in [5.74, 6) is 0.812. The minimum absolute atomic E-state index is 0.419. The van der Waals surface area contributed by atoms with E-state index in [1.807, 2.05) is 43.3 Å². The van der Waals surface area contributed by atoms with E-state index in [4.69, 9.17) is 4.74 Å². The molecule has 0 amide bonds. The lowest BCUT2D eigenvalue weighted by Crippen LogP contribution is -1.95. The summed E-state index contributed by atoms with van der Waals surface area (Å²) in [4.78, 5) is 0. The smallest absolute Gasteiger partial charge is 0.118 e. The van der Waals surface area contributed by atoms with E-state index in [-0.39, 0.29) is 0 Å². The normalized spacial score (nSPS) is 13.1. The molecule has 0 bridgehead atoms. The molecule has 1 aromatic carbocycles. The Morgan fingerprint density at radius 2 is 2.00 bits per heavy atom. The van der Waals surface area contributed by atoms with Crippen molar-refractivity contribution >= 4 is 0 Å². The first kappa shape index (κ1) is 10.8. The summed E-state index contributed by atoms with van der Waals surface area (Å²) in [6.45, 7) is 1.95. The SMILES string of the molecule is C/C=C/CC(O)c1ccc(OC)cc1. The molecule has 0 saturated carbocycles. The fraction of sp³-hybridized carbons (Fsp3) is 0.333. The van der Waals surface area contributed by atoms with Gasteiger partial charge in [-0.2, -0.15) is 0 Å². The van der Waals surface area contributed by atoms with Gasteiger partial charge in [-0.15, -0.1) is 0 Å². The van der Waals surface area contributed by atoms with Crippen LogP contribution in [0.25, 0.3) is 0 Å². The van der Waals surface area contributed by atoms with Crippen molar-refractivity contribution in [1.82, 2.24) is 0 Å². The molecule has 1 unspecified atom stereocenters. The summed E-state index contributed by atoms with van der Waals surface area (Å²) in [7, 11) is 1.63. The van der Waals surface area contributed by atoms with Crippen molar-refractivity contribution in [2.24, 2.45) is 0 Å². The molecule has 76 valence electrons. The predicted molar refractivity (Wildman–Crippen MR) is 57.4 cm³/mol. The number of allylic oxidation sites excluding steroid dienone is 1. The average Bonchev–Trinajstić information content (AvgIpc) is 2.26. The molecule has 0 aliphatic heterocycles. The van der Waals surface area contributed by atoms with Gasteiger partial charge in [-0.05, 0) is 31.0 Å². The van der Waals surface area contributed by atoms with Crippen molar-refractivity contribution in [2.75, 3.05) is 7.11 Å². The third-order valence-electron chi connectivity index (χ3n) is 2.10. The first-order chi connectivity index (χ1) is 6.77. The van der Waals surface area contributed by atoms with Crippen molar-refractivity contribution in [3.63, 3.8) is 0 Å². The van der Waals surface area contributed by atoms with Gasteiger partial charge in [-0.3, -0.25) is 0 Å². The van der Waals surface area contributed by atoms with Crippen LogP contribution in [0.15, 0.2) is 36.4 Å². The topological polar surface area (TPSA) is 29.5 Å². The molecule has 0 saturated heterocycles. The summed E-state index contributed by atoms with van der Waals surface area (Å²) < 4.78 is 5.03. The molecule has 0 fully saturated rings. The fourth-order valence-corrected chi connectivity index (χ4v) is 1.23. The van der Waals surface area contributed by atoms with Crippen LogP contribution in [0.4, 0.5) is 0 Å². The lowest BCUT2D eigenvalue weighted by atomic mass is 10.1. The Balaban J connectivity index is 2.66. The van der Waals surface area contributed by atoms with Crippen LogP contribution in [0.2, 0.25) is 0 Å². The number of rotatable bonds is 4. The van der Waals surface area contributed by atoms with Crippen molar-refractivity contribution in [2.45, 2.75) is 19.4 Å². The molecular weight excluding hydrogens is 176 g/mol. The monoisotopic (exact) mass is 192 g/mol. The lowest BCUT2D eigenvalue weighted by Gasteiger charge is -2.08. The van der Waals surface area contributed by atoms with Gasteiger partial charge in [-0.1, -0.05) is 24.3 Å². The van der Waals surface area contributed by atoms with Gasteiger partial charge in [0.05, 0.1) is 13.2 Å². The summed E-state index contributed by atoms with van der Waals surface area (Å²) in [5.41, 5.74) is 0.920. The van der Waals surface area contributed by atoms with Crippen LogP contribution in [-0.2, 0) is 0 Å². The maximum atomic E-state index is 9.72. The van der Waals surface area contributed by atoms with E-state index in [0.717, 1.165) is 11.3 Å². The first-order valence-electron chi connectivity index (χ1n) is 4.71. The van der Waals surface area contributed by atoms with Gasteiger partial charge >= 0.3 is 0 Å². The Hall–Kier alpha value is -1.28. The van der Waals surface area contributed by atoms with Crippen LogP contribution in [0, 0.1) is 0 Å². The van der Waals surface area contributed by atoms with Crippen molar-refractivity contribution in [3.05, 3.63) is 42.0 Å². The first-order valence-corrected chi connectivity index (χ1v) is 4.71. The zero-order chi connectivity index (χ0) is 10.4. The van der Waals surface area contributed by atoms with Crippen LogP contribution in [0.3, 0.4) is 0 Å². The zero-order valence-corrected chi connectivity index (χ0v) is 8.60. The van der Waals surface area contributed by atoms with E-state index in [1.54, 1.807) is 7.11 Å². The second-order valence-electron chi connectivity index (χ2n) is 3.09. The molecule has 1 aromatic rings. The van der Waals surface area contributed by atoms with Gasteiger partial charge < -0.3 is 9.84 Å². The van der Waals surface area contributed by atoms with E-state index in [1.165, 1.54) is 0 Å². The highest BCUT2D eigenvalue weighted by Crippen LogP contribution is 2.20. The number of hydrogen-bond acceptors (Lipinski definition) is 2. The van der Waals surface area contributed by atoms with Gasteiger partial charge in [0, 0.05) is 0 Å². The molecular formula is C12H16O2. The van der Waals surface area contributed by atoms with Gasteiger partial charge in [0.25, 0.3) is 0 Å². The van der Waals surface area contributed by atoms with Crippen LogP contribution >= 0.6 is 0 Å². The number of aliphatic hydroxyl groups excluding tert-OH is 1. The minimum Gasteiger partial charge on any atom is -0.497 e. The molecule has 0 radical (unpaired) electrons. The van der Waals surface area contributed by atoms with Crippen LogP contribution < -0.4 is 4.74 Å². The maximum Gasteiger partial charge on any atom is 0.118 e. The average molecular weight is 192 g/mol. The van der Waals surface area contributed by atoms with E-state index in [9.17, 15) is 5.11 Å². The van der Waals surface area contributed by atoms with Crippen molar-refractivity contribution < 1.29 is 9.84 Å². The Kier molecular flexibility index (Phi) is 4.20. The molecule has 0 aliphatic rings. The van der Waals surface area contributed by atoms with Crippen molar-refractivity contribution in [3.8, 4) is 5.75 Å². The van der Waals surface area contributed by atoms with Crippen LogP contribution in [0.1, 0.15) is 25.0 Å². The van der Waals surface area contributed by atoms with Crippen LogP contribution in [0.5, 0.6) is 5.75 Å². The third-order valence-corrected chi connectivity index (χ3v) is 2.10. The summed E-state index contributed by atoms with van der Waals surface area (Å²) in [5, 5.41) is 9.72.